The number of H-pyrrole nitrogens is 1. The standard InChI is InChI=1S/C16H21N5O2/c17-15(22)14-5-1-3-12(9-14)6-8-19-16(23)18-7-2-4-13-10-20-21-11-13/h1,3,5,9-11H,2,4,6-8H2,(H2,17,22)(H,20,21)(H2,18,19,23). The van der Waals surface area contributed by atoms with E-state index in [0.29, 0.717) is 25.1 Å². The summed E-state index contributed by atoms with van der Waals surface area (Å²) in [5.41, 5.74) is 7.80. The fourth-order valence-electron chi connectivity index (χ4n) is 2.17. The first-order valence-corrected chi connectivity index (χ1v) is 7.53. The number of nitrogens with zero attached hydrogens (tertiary/aromatic N) is 1. The highest BCUT2D eigenvalue weighted by Gasteiger charge is 2.03. The van der Waals surface area contributed by atoms with E-state index in [0.717, 1.165) is 24.0 Å². The van der Waals surface area contributed by atoms with E-state index >= 15 is 0 Å². The van der Waals surface area contributed by atoms with Crippen LogP contribution in [0.25, 0.3) is 0 Å². The molecule has 0 saturated heterocycles. The van der Waals surface area contributed by atoms with Crippen molar-refractivity contribution in [3.63, 3.8) is 0 Å². The minimum Gasteiger partial charge on any atom is -0.366 e. The normalized spacial score (nSPS) is 10.3. The fourth-order valence-corrected chi connectivity index (χ4v) is 2.17. The number of amides is 3. The van der Waals surface area contributed by atoms with Gasteiger partial charge < -0.3 is 16.4 Å². The third kappa shape index (κ3) is 5.82. The maximum atomic E-state index is 11.7. The smallest absolute Gasteiger partial charge is 0.314 e. The van der Waals surface area contributed by atoms with E-state index in [1.807, 2.05) is 12.3 Å². The van der Waals surface area contributed by atoms with Crippen LogP contribution in [0.1, 0.15) is 27.9 Å². The van der Waals surface area contributed by atoms with Crippen molar-refractivity contribution in [2.75, 3.05) is 13.1 Å². The molecule has 1 heterocycles. The zero-order chi connectivity index (χ0) is 16.5. The monoisotopic (exact) mass is 315 g/mol. The minimum atomic E-state index is -0.449. The molecule has 0 bridgehead atoms. The number of nitrogens with one attached hydrogen (secondary N) is 3. The average molecular weight is 315 g/mol. The number of aromatic nitrogens is 2. The number of primary amides is 1. The molecule has 2 aromatic rings. The number of urea groups is 1. The summed E-state index contributed by atoms with van der Waals surface area (Å²) in [6.45, 7) is 1.10. The summed E-state index contributed by atoms with van der Waals surface area (Å²) in [5, 5.41) is 12.2. The lowest BCUT2D eigenvalue weighted by Crippen LogP contribution is -2.37. The third-order valence-corrected chi connectivity index (χ3v) is 3.39. The molecule has 5 N–H and O–H groups in total. The van der Waals surface area contributed by atoms with Gasteiger partial charge in [-0.1, -0.05) is 12.1 Å². The van der Waals surface area contributed by atoms with Crippen LogP contribution in [-0.2, 0) is 12.8 Å². The number of carbonyl (C=O) groups is 2. The zero-order valence-electron chi connectivity index (χ0n) is 12.8. The van der Waals surface area contributed by atoms with Crippen LogP contribution in [0, 0.1) is 0 Å². The first-order chi connectivity index (χ1) is 11.1. The Hall–Kier alpha value is -2.83. The first-order valence-electron chi connectivity index (χ1n) is 7.53. The molecule has 0 aliphatic rings. The van der Waals surface area contributed by atoms with Crippen LogP contribution in [-0.4, -0.2) is 35.2 Å². The van der Waals surface area contributed by atoms with Crippen LogP contribution in [0.2, 0.25) is 0 Å². The topological polar surface area (TPSA) is 113 Å². The van der Waals surface area contributed by atoms with Gasteiger partial charge in [0.2, 0.25) is 5.91 Å². The molecule has 3 amide bonds. The van der Waals surface area contributed by atoms with E-state index in [1.165, 1.54) is 0 Å². The van der Waals surface area contributed by atoms with E-state index in [9.17, 15) is 9.59 Å². The van der Waals surface area contributed by atoms with Crippen molar-refractivity contribution in [1.29, 1.82) is 0 Å². The van der Waals surface area contributed by atoms with Crippen molar-refractivity contribution in [2.45, 2.75) is 19.3 Å². The highest BCUT2D eigenvalue weighted by molar-refractivity contribution is 5.92. The average Bonchev–Trinajstić information content (AvgIpc) is 3.05. The molecule has 1 aromatic carbocycles. The van der Waals surface area contributed by atoms with Crippen molar-refractivity contribution in [2.24, 2.45) is 5.73 Å². The highest BCUT2D eigenvalue weighted by Crippen LogP contribution is 2.05. The second kappa shape index (κ2) is 8.57. The Labute approximate surface area is 134 Å². The van der Waals surface area contributed by atoms with Crippen LogP contribution < -0.4 is 16.4 Å². The van der Waals surface area contributed by atoms with Crippen LogP contribution in [0.15, 0.2) is 36.7 Å². The number of nitrogens with two attached hydrogens (primary N) is 1. The van der Waals surface area contributed by atoms with E-state index in [4.69, 9.17) is 5.73 Å². The molecule has 7 nitrogen and oxygen atoms in total. The van der Waals surface area contributed by atoms with Crippen molar-refractivity contribution in [3.8, 4) is 0 Å². The van der Waals surface area contributed by atoms with Crippen LogP contribution in [0.3, 0.4) is 0 Å². The second-order valence-electron chi connectivity index (χ2n) is 5.21. The predicted molar refractivity (Wildman–Crippen MR) is 87.0 cm³/mol. The van der Waals surface area contributed by atoms with E-state index in [-0.39, 0.29) is 6.03 Å². The summed E-state index contributed by atoms with van der Waals surface area (Å²) in [6.07, 6.45) is 5.99. The summed E-state index contributed by atoms with van der Waals surface area (Å²) in [6, 6.07) is 6.91. The quantitative estimate of drug-likeness (QED) is 0.545. The number of aromatic amines is 1. The van der Waals surface area contributed by atoms with Crippen molar-refractivity contribution >= 4 is 11.9 Å². The molecule has 23 heavy (non-hydrogen) atoms. The molecule has 0 unspecified atom stereocenters. The summed E-state index contributed by atoms with van der Waals surface area (Å²) >= 11 is 0. The molecular formula is C16H21N5O2. The van der Waals surface area contributed by atoms with Gasteiger partial charge in [0.1, 0.15) is 0 Å². The van der Waals surface area contributed by atoms with Gasteiger partial charge in [0.15, 0.2) is 0 Å². The van der Waals surface area contributed by atoms with E-state index < -0.39 is 5.91 Å². The maximum absolute atomic E-state index is 11.7. The highest BCUT2D eigenvalue weighted by atomic mass is 16.2. The van der Waals surface area contributed by atoms with E-state index in [1.54, 1.807) is 24.4 Å². The van der Waals surface area contributed by atoms with Crippen LogP contribution >= 0.6 is 0 Å². The molecule has 122 valence electrons. The molecule has 1 aromatic heterocycles. The molecular weight excluding hydrogens is 294 g/mol. The Bertz CT molecular complexity index is 640. The summed E-state index contributed by atoms with van der Waals surface area (Å²) in [5.74, 6) is -0.449. The molecule has 0 fully saturated rings. The van der Waals surface area contributed by atoms with Gasteiger partial charge >= 0.3 is 6.03 Å². The second-order valence-corrected chi connectivity index (χ2v) is 5.21. The van der Waals surface area contributed by atoms with Crippen molar-refractivity contribution < 1.29 is 9.59 Å². The molecule has 0 aliphatic carbocycles. The Morgan fingerprint density at radius 1 is 1.13 bits per heavy atom. The lowest BCUT2D eigenvalue weighted by Gasteiger charge is -2.08. The molecule has 7 heteroatoms. The zero-order valence-corrected chi connectivity index (χ0v) is 12.8. The molecule has 2 rings (SSSR count). The van der Waals surface area contributed by atoms with Gasteiger partial charge in [0, 0.05) is 24.8 Å². The number of hydrogen-bond donors (Lipinski definition) is 4. The van der Waals surface area contributed by atoms with Gasteiger partial charge in [0.25, 0.3) is 0 Å². The maximum Gasteiger partial charge on any atom is 0.314 e. The lowest BCUT2D eigenvalue weighted by molar-refractivity contribution is 0.1000. The molecule has 0 radical (unpaired) electrons. The summed E-state index contributed by atoms with van der Waals surface area (Å²) in [7, 11) is 0. The van der Waals surface area contributed by atoms with Gasteiger partial charge in [-0.25, -0.2) is 4.79 Å². The molecule has 0 saturated carbocycles. The van der Waals surface area contributed by atoms with Gasteiger partial charge in [-0.3, -0.25) is 9.89 Å². The number of hydrogen-bond acceptors (Lipinski definition) is 3. The van der Waals surface area contributed by atoms with Gasteiger partial charge in [-0.15, -0.1) is 0 Å². The number of benzene rings is 1. The minimum absolute atomic E-state index is 0.191. The predicted octanol–water partition coefficient (Wildman–Crippen LogP) is 0.983. The van der Waals surface area contributed by atoms with Gasteiger partial charge in [-0.2, -0.15) is 5.10 Å². The summed E-state index contributed by atoms with van der Waals surface area (Å²) < 4.78 is 0. The van der Waals surface area contributed by atoms with E-state index in [2.05, 4.69) is 20.8 Å². The van der Waals surface area contributed by atoms with Crippen molar-refractivity contribution in [1.82, 2.24) is 20.8 Å². The Balaban J connectivity index is 1.61. The Morgan fingerprint density at radius 2 is 1.96 bits per heavy atom. The first kappa shape index (κ1) is 16.5. The Kier molecular flexibility index (Phi) is 6.17. The molecule has 0 aliphatic heterocycles. The lowest BCUT2D eigenvalue weighted by atomic mass is 10.1. The fraction of sp³-hybridized carbons (Fsp3) is 0.312. The molecule has 0 atom stereocenters. The number of carbonyl (C=O) groups excluding carboxylic acids is 2. The third-order valence-electron chi connectivity index (χ3n) is 3.39. The summed E-state index contributed by atoms with van der Waals surface area (Å²) in [4.78, 5) is 22.8. The Morgan fingerprint density at radius 3 is 2.70 bits per heavy atom. The SMILES string of the molecule is NC(=O)c1cccc(CCNC(=O)NCCCc2cn[nH]c2)c1. The van der Waals surface area contributed by atoms with Crippen LogP contribution in [0.4, 0.5) is 4.79 Å². The molecule has 0 spiro atoms. The van der Waals surface area contributed by atoms with Crippen molar-refractivity contribution in [3.05, 3.63) is 53.3 Å². The van der Waals surface area contributed by atoms with Gasteiger partial charge in [0.05, 0.1) is 6.20 Å². The number of aryl methyl sites for hydroxylation is 1. The van der Waals surface area contributed by atoms with Gasteiger partial charge in [-0.05, 0) is 42.5 Å². The largest absolute Gasteiger partial charge is 0.366 e. The van der Waals surface area contributed by atoms with Crippen LogP contribution in [0.5, 0.6) is 0 Å². The number of rotatable bonds is 8.